The van der Waals surface area contributed by atoms with E-state index < -0.39 is 10.0 Å². The number of amides is 1. The molecule has 0 radical (unpaired) electrons. The third-order valence-corrected chi connectivity index (χ3v) is 6.53. The van der Waals surface area contributed by atoms with Gasteiger partial charge in [0.15, 0.2) is 0 Å². The minimum Gasteiger partial charge on any atom is -0.497 e. The number of carbonyl (C=O) groups is 1. The van der Waals surface area contributed by atoms with E-state index >= 15 is 0 Å². The van der Waals surface area contributed by atoms with Gasteiger partial charge in [0.25, 0.3) is 5.91 Å². The third-order valence-electron chi connectivity index (χ3n) is 4.72. The molecule has 1 N–H and O–H groups in total. The lowest BCUT2D eigenvalue weighted by atomic mass is 10.1. The first kappa shape index (κ1) is 22.3. The summed E-state index contributed by atoms with van der Waals surface area (Å²) in [6, 6.07) is 20.1. The van der Waals surface area contributed by atoms with Crippen LogP contribution in [0.5, 0.6) is 11.5 Å². The molecule has 0 heterocycles. The van der Waals surface area contributed by atoms with Crippen LogP contribution in [-0.2, 0) is 16.6 Å². The van der Waals surface area contributed by atoms with Crippen molar-refractivity contribution in [2.75, 3.05) is 26.6 Å². The smallest absolute Gasteiger partial charge is 0.255 e. The van der Waals surface area contributed by atoms with Gasteiger partial charge in [-0.1, -0.05) is 18.2 Å². The highest BCUT2D eigenvalue weighted by Crippen LogP contribution is 2.21. The number of hydrogen-bond acceptors (Lipinski definition) is 5. The summed E-state index contributed by atoms with van der Waals surface area (Å²) in [5.74, 6) is 0.970. The van der Waals surface area contributed by atoms with Gasteiger partial charge in [-0.05, 0) is 54.1 Å². The third kappa shape index (κ3) is 5.42. The highest BCUT2D eigenvalue weighted by molar-refractivity contribution is 7.89. The van der Waals surface area contributed by atoms with E-state index in [1.165, 1.54) is 30.6 Å². The number of benzene rings is 3. The number of ether oxygens (including phenoxy) is 2. The molecule has 0 saturated carbocycles. The Hall–Kier alpha value is -3.36. The summed E-state index contributed by atoms with van der Waals surface area (Å²) in [6.07, 6.45) is 0. The van der Waals surface area contributed by atoms with Crippen molar-refractivity contribution in [2.24, 2.45) is 0 Å². The van der Waals surface area contributed by atoms with Crippen LogP contribution in [0, 0.1) is 0 Å². The van der Waals surface area contributed by atoms with E-state index in [1.54, 1.807) is 67.8 Å². The van der Waals surface area contributed by atoms with Crippen LogP contribution in [0.1, 0.15) is 15.9 Å². The fourth-order valence-electron chi connectivity index (χ4n) is 2.94. The molecule has 0 aromatic heterocycles. The van der Waals surface area contributed by atoms with Crippen molar-refractivity contribution in [1.82, 2.24) is 4.31 Å². The molecule has 0 aliphatic heterocycles. The van der Waals surface area contributed by atoms with E-state index in [0.29, 0.717) is 22.7 Å². The Balaban J connectivity index is 1.67. The average molecular weight is 441 g/mol. The number of sulfonamides is 1. The number of nitrogens with zero attached hydrogens (tertiary/aromatic N) is 1. The van der Waals surface area contributed by atoms with E-state index in [2.05, 4.69) is 5.32 Å². The normalized spacial score (nSPS) is 11.2. The highest BCUT2D eigenvalue weighted by atomic mass is 32.2. The molecular weight excluding hydrogens is 416 g/mol. The van der Waals surface area contributed by atoms with E-state index in [0.717, 1.165) is 5.56 Å². The first-order chi connectivity index (χ1) is 14.8. The first-order valence-electron chi connectivity index (χ1n) is 9.48. The van der Waals surface area contributed by atoms with Gasteiger partial charge in [-0.2, -0.15) is 4.31 Å². The van der Waals surface area contributed by atoms with Crippen LogP contribution >= 0.6 is 0 Å². The Bertz CT molecular complexity index is 1140. The van der Waals surface area contributed by atoms with E-state index in [9.17, 15) is 13.2 Å². The number of hydrogen-bond donors (Lipinski definition) is 1. The molecule has 31 heavy (non-hydrogen) atoms. The molecule has 0 aliphatic carbocycles. The number of methoxy groups -OCH3 is 2. The molecule has 3 aromatic carbocycles. The maximum absolute atomic E-state index is 12.8. The summed E-state index contributed by atoms with van der Waals surface area (Å²) in [7, 11) is 0.953. The van der Waals surface area contributed by atoms with E-state index in [1.807, 2.05) is 0 Å². The Morgan fingerprint density at radius 2 is 1.55 bits per heavy atom. The lowest BCUT2D eigenvalue weighted by Gasteiger charge is -2.17. The summed E-state index contributed by atoms with van der Waals surface area (Å²) < 4.78 is 37.0. The van der Waals surface area contributed by atoms with Gasteiger partial charge < -0.3 is 14.8 Å². The molecule has 0 aliphatic rings. The van der Waals surface area contributed by atoms with Crippen molar-refractivity contribution in [3.63, 3.8) is 0 Å². The monoisotopic (exact) mass is 440 g/mol. The highest BCUT2D eigenvalue weighted by Gasteiger charge is 2.21. The Morgan fingerprint density at radius 3 is 2.16 bits per heavy atom. The molecule has 3 aromatic rings. The molecule has 0 saturated heterocycles. The lowest BCUT2D eigenvalue weighted by Crippen LogP contribution is -2.26. The predicted molar refractivity (Wildman–Crippen MR) is 119 cm³/mol. The average Bonchev–Trinajstić information content (AvgIpc) is 2.79. The largest absolute Gasteiger partial charge is 0.497 e. The molecule has 1 amide bonds. The molecule has 0 fully saturated rings. The van der Waals surface area contributed by atoms with Crippen molar-refractivity contribution in [3.05, 3.63) is 83.9 Å². The molecule has 0 bridgehead atoms. The molecule has 8 heteroatoms. The second kappa shape index (κ2) is 9.63. The quantitative estimate of drug-likeness (QED) is 0.576. The Morgan fingerprint density at radius 1 is 0.903 bits per heavy atom. The summed E-state index contributed by atoms with van der Waals surface area (Å²) >= 11 is 0. The Kier molecular flexibility index (Phi) is 6.94. The van der Waals surface area contributed by atoms with Gasteiger partial charge in [-0.3, -0.25) is 4.79 Å². The minimum absolute atomic E-state index is 0.173. The fraction of sp³-hybridized carbons (Fsp3) is 0.174. The van der Waals surface area contributed by atoms with Gasteiger partial charge in [0.1, 0.15) is 11.5 Å². The van der Waals surface area contributed by atoms with Crippen LogP contribution < -0.4 is 14.8 Å². The topological polar surface area (TPSA) is 84.9 Å². The maximum atomic E-state index is 12.8. The first-order valence-corrected chi connectivity index (χ1v) is 10.9. The van der Waals surface area contributed by atoms with Crippen molar-refractivity contribution in [2.45, 2.75) is 11.4 Å². The van der Waals surface area contributed by atoms with Crippen molar-refractivity contribution in [1.29, 1.82) is 0 Å². The zero-order chi connectivity index (χ0) is 22.4. The maximum Gasteiger partial charge on any atom is 0.255 e. The SMILES string of the molecule is COc1ccc(S(=O)(=O)N(C)Cc2ccc(C(=O)Nc3cccc(OC)c3)cc2)cc1. The minimum atomic E-state index is -3.65. The van der Waals surface area contributed by atoms with Crippen molar-refractivity contribution < 1.29 is 22.7 Å². The zero-order valence-electron chi connectivity index (χ0n) is 17.5. The van der Waals surface area contributed by atoms with Gasteiger partial charge in [0.05, 0.1) is 19.1 Å². The lowest BCUT2D eigenvalue weighted by molar-refractivity contribution is 0.102. The van der Waals surface area contributed by atoms with Gasteiger partial charge in [-0.15, -0.1) is 0 Å². The fourth-order valence-corrected chi connectivity index (χ4v) is 4.09. The summed E-state index contributed by atoms with van der Waals surface area (Å²) in [5.41, 5.74) is 1.85. The zero-order valence-corrected chi connectivity index (χ0v) is 18.3. The molecular formula is C23H24N2O5S. The number of carbonyl (C=O) groups excluding carboxylic acids is 1. The molecule has 0 unspecified atom stereocenters. The number of rotatable bonds is 8. The summed E-state index contributed by atoms with van der Waals surface area (Å²) in [6.45, 7) is 0.173. The molecule has 162 valence electrons. The van der Waals surface area contributed by atoms with E-state index in [-0.39, 0.29) is 17.3 Å². The molecule has 0 atom stereocenters. The second-order valence-corrected chi connectivity index (χ2v) is 8.86. The van der Waals surface area contributed by atoms with Crippen LogP contribution in [0.15, 0.2) is 77.7 Å². The van der Waals surface area contributed by atoms with Crippen LogP contribution in [0.25, 0.3) is 0 Å². The van der Waals surface area contributed by atoms with Gasteiger partial charge in [-0.25, -0.2) is 8.42 Å². The van der Waals surface area contributed by atoms with Gasteiger partial charge in [0, 0.05) is 30.9 Å². The molecule has 7 nitrogen and oxygen atoms in total. The standard InChI is InChI=1S/C23H24N2O5S/c1-25(31(27,28)22-13-11-20(29-2)12-14-22)16-17-7-9-18(10-8-17)23(26)24-19-5-4-6-21(15-19)30-3/h4-15H,16H2,1-3H3,(H,24,26). The summed E-state index contributed by atoms with van der Waals surface area (Å²) in [5, 5.41) is 2.81. The summed E-state index contributed by atoms with van der Waals surface area (Å²) in [4.78, 5) is 12.7. The van der Waals surface area contributed by atoms with Crippen LogP contribution in [0.2, 0.25) is 0 Å². The number of anilines is 1. The van der Waals surface area contributed by atoms with Crippen LogP contribution in [0.3, 0.4) is 0 Å². The van der Waals surface area contributed by atoms with Crippen molar-refractivity contribution in [3.8, 4) is 11.5 Å². The molecule has 0 spiro atoms. The van der Waals surface area contributed by atoms with Crippen LogP contribution in [0.4, 0.5) is 5.69 Å². The second-order valence-electron chi connectivity index (χ2n) is 6.82. The van der Waals surface area contributed by atoms with E-state index in [4.69, 9.17) is 9.47 Å². The van der Waals surface area contributed by atoms with Gasteiger partial charge >= 0.3 is 0 Å². The Labute approximate surface area is 182 Å². The van der Waals surface area contributed by atoms with Crippen LogP contribution in [-0.4, -0.2) is 39.9 Å². The number of nitrogens with one attached hydrogen (secondary N) is 1. The van der Waals surface area contributed by atoms with Crippen molar-refractivity contribution >= 4 is 21.6 Å². The molecule has 3 rings (SSSR count). The van der Waals surface area contributed by atoms with Gasteiger partial charge in [0.2, 0.25) is 10.0 Å². The predicted octanol–water partition coefficient (Wildman–Crippen LogP) is 3.78.